The van der Waals surface area contributed by atoms with Gasteiger partial charge in [-0.3, -0.25) is 4.98 Å². The smallest absolute Gasteiger partial charge is 0.123 e. The molecule has 0 bridgehead atoms. The average molecular weight is 1090 g/mol. The first-order valence-electron chi connectivity index (χ1n) is 22.5. The molecule has 1 radical (unpaired) electrons. The third-order valence-electron chi connectivity index (χ3n) is 12.4. The van der Waals surface area contributed by atoms with Crippen LogP contribution in [0.4, 0.5) is 4.39 Å². The van der Waals surface area contributed by atoms with E-state index in [2.05, 4.69) is 193 Å². The summed E-state index contributed by atoms with van der Waals surface area (Å²) < 4.78 is 18.6. The molecule has 0 spiro atoms. The molecule has 68 heavy (non-hydrogen) atoms. The molecule has 0 saturated heterocycles. The predicted octanol–water partition coefficient (Wildman–Crippen LogP) is 16.2. The third kappa shape index (κ3) is 8.44. The molecule has 0 N–H and O–H groups in total. The molecule has 12 rings (SSSR count). The predicted molar refractivity (Wildman–Crippen MR) is 283 cm³/mol. The topological polar surface area (TPSA) is 30.7 Å². The molecule has 0 saturated carbocycles. The van der Waals surface area contributed by atoms with Gasteiger partial charge in [0.05, 0.1) is 30.6 Å². The van der Waals surface area contributed by atoms with Crippen LogP contribution in [0, 0.1) is 17.9 Å². The minimum atomic E-state index is -1.23. The van der Waals surface area contributed by atoms with E-state index in [-0.39, 0.29) is 25.9 Å². The summed E-state index contributed by atoms with van der Waals surface area (Å²) in [6.45, 7) is 7.00. The molecule has 3 aromatic heterocycles. The summed E-state index contributed by atoms with van der Waals surface area (Å²) in [6, 6.07) is 77.1. The van der Waals surface area contributed by atoms with Crippen LogP contribution in [-0.4, -0.2) is 22.6 Å². The number of fused-ring (bicyclic) bond motifs is 6. The fourth-order valence-corrected chi connectivity index (χ4v) is 11.4. The zero-order valence-corrected chi connectivity index (χ0v) is 41.9. The second-order valence-electron chi connectivity index (χ2n) is 17.7. The minimum absolute atomic E-state index is 0. The summed E-state index contributed by atoms with van der Waals surface area (Å²) in [4.78, 5) is 9.91. The fourth-order valence-electron chi connectivity index (χ4n) is 9.09. The molecule has 7 heteroatoms. The number of imidazole rings is 1. The van der Waals surface area contributed by atoms with Gasteiger partial charge in [-0.2, -0.15) is 11.3 Å². The van der Waals surface area contributed by atoms with Gasteiger partial charge in [0.25, 0.3) is 0 Å². The van der Waals surface area contributed by atoms with E-state index in [1.165, 1.54) is 38.2 Å². The van der Waals surface area contributed by atoms with Gasteiger partial charge < -0.3 is 9.55 Å². The third-order valence-corrected chi connectivity index (χ3v) is 15.6. The van der Waals surface area contributed by atoms with Crippen molar-refractivity contribution in [2.75, 3.05) is 0 Å². The number of aromatic nitrogens is 3. The van der Waals surface area contributed by atoms with Gasteiger partial charge in [-0.25, -0.2) is 4.39 Å². The maximum absolute atomic E-state index is 14.0. The van der Waals surface area contributed by atoms with Crippen LogP contribution >= 0.6 is 11.3 Å². The van der Waals surface area contributed by atoms with Crippen molar-refractivity contribution in [2.24, 2.45) is 0 Å². The molecule has 0 atom stereocenters. The summed E-state index contributed by atoms with van der Waals surface area (Å²) in [5.41, 5.74) is 12.7. The maximum atomic E-state index is 14.0. The number of pyridine rings is 1. The fraction of sp³-hybridized carbons (Fsp3) is 0.0492. The second kappa shape index (κ2) is 18.9. The van der Waals surface area contributed by atoms with Gasteiger partial charge in [0.1, 0.15) is 5.82 Å². The van der Waals surface area contributed by atoms with E-state index in [4.69, 9.17) is 4.98 Å². The summed E-state index contributed by atoms with van der Waals surface area (Å²) in [5.74, 6) is 0.607. The van der Waals surface area contributed by atoms with Gasteiger partial charge >= 0.3 is 0 Å². The van der Waals surface area contributed by atoms with E-state index >= 15 is 0 Å². The van der Waals surface area contributed by atoms with Crippen LogP contribution in [0.2, 0.25) is 19.6 Å². The van der Waals surface area contributed by atoms with E-state index in [0.717, 1.165) is 82.8 Å². The maximum Gasteiger partial charge on any atom is 0.123 e. The van der Waals surface area contributed by atoms with Crippen LogP contribution in [-0.2, 0) is 20.1 Å². The Hall–Kier alpha value is -7.12. The van der Waals surface area contributed by atoms with Crippen molar-refractivity contribution in [2.45, 2.75) is 19.6 Å². The quantitative estimate of drug-likeness (QED) is 0.118. The number of benzene rings is 9. The molecular formula is C61H44FIrN3SSi-2. The Morgan fingerprint density at radius 3 is 1.87 bits per heavy atom. The number of halogens is 1. The van der Waals surface area contributed by atoms with E-state index in [1.807, 2.05) is 48.7 Å². The van der Waals surface area contributed by atoms with Crippen molar-refractivity contribution in [3.8, 4) is 61.7 Å². The Labute approximate surface area is 414 Å². The first-order chi connectivity index (χ1) is 32.8. The van der Waals surface area contributed by atoms with Crippen molar-refractivity contribution < 1.29 is 24.5 Å². The Kier molecular flexibility index (Phi) is 12.4. The Balaban J connectivity index is 0.000000270. The average Bonchev–Trinajstić information content (AvgIpc) is 3.96. The molecule has 0 aliphatic heterocycles. The van der Waals surface area contributed by atoms with E-state index in [1.54, 1.807) is 11.3 Å². The second-order valence-corrected chi connectivity index (χ2v) is 23.8. The molecule has 331 valence electrons. The summed E-state index contributed by atoms with van der Waals surface area (Å²) in [7, 11) is -1.23. The van der Waals surface area contributed by atoms with E-state index < -0.39 is 8.07 Å². The zero-order chi connectivity index (χ0) is 45.5. The molecule has 0 aliphatic rings. The summed E-state index contributed by atoms with van der Waals surface area (Å²) in [5, 5.41) is 6.09. The molecule has 3 heterocycles. The molecule has 0 fully saturated rings. The molecular weight excluding hydrogens is 1050 g/mol. The Bertz CT molecular complexity index is 3660. The van der Waals surface area contributed by atoms with Crippen LogP contribution in [0.5, 0.6) is 0 Å². The molecule has 9 aromatic carbocycles. The van der Waals surface area contributed by atoms with E-state index in [9.17, 15) is 4.39 Å². The van der Waals surface area contributed by atoms with Gasteiger partial charge in [0, 0.05) is 42.1 Å². The van der Waals surface area contributed by atoms with Crippen LogP contribution in [0.15, 0.2) is 212 Å². The van der Waals surface area contributed by atoms with Crippen molar-refractivity contribution in [3.63, 3.8) is 0 Å². The van der Waals surface area contributed by atoms with Crippen LogP contribution < -0.4 is 5.19 Å². The van der Waals surface area contributed by atoms with Crippen LogP contribution in [0.25, 0.3) is 104 Å². The van der Waals surface area contributed by atoms with Crippen LogP contribution in [0.3, 0.4) is 0 Å². The SMILES string of the molecule is C[Si](C)(C)c1ccc(-c2[c-]cccc2)nc1.Fc1ccc(-c2cc3sc4c(-c5nc6ccccc6n5-c5c(-c6ccccc6)cccc5-c5ccccc5)[c-]ccc4c3c3ccccc23)cc1.[Ir]. The van der Waals surface area contributed by atoms with E-state index in [0.29, 0.717) is 0 Å². The normalized spacial score (nSPS) is 11.4. The number of nitrogens with zero attached hydrogens (tertiary/aromatic N) is 3. The van der Waals surface area contributed by atoms with Gasteiger partial charge in [-0.1, -0.05) is 170 Å². The Morgan fingerprint density at radius 2 is 1.21 bits per heavy atom. The van der Waals surface area contributed by atoms with Gasteiger partial charge in [-0.15, -0.1) is 54.1 Å². The van der Waals surface area contributed by atoms with Crippen LogP contribution in [0.1, 0.15) is 0 Å². The number of hydrogen-bond acceptors (Lipinski definition) is 3. The number of thiophene rings is 1. The minimum Gasteiger partial charge on any atom is -0.332 e. The Morgan fingerprint density at radius 1 is 0.559 bits per heavy atom. The number of para-hydroxylation sites is 3. The number of rotatable bonds is 7. The summed E-state index contributed by atoms with van der Waals surface area (Å²) >= 11 is 1.77. The van der Waals surface area contributed by atoms with Gasteiger partial charge in [0.2, 0.25) is 0 Å². The largest absolute Gasteiger partial charge is 0.332 e. The molecule has 12 aromatic rings. The number of hydrogen-bond donors (Lipinski definition) is 0. The van der Waals surface area contributed by atoms with Gasteiger partial charge in [-0.05, 0) is 84.3 Å². The van der Waals surface area contributed by atoms with Crippen molar-refractivity contribution in [1.82, 2.24) is 14.5 Å². The monoisotopic (exact) mass is 1090 g/mol. The first kappa shape index (κ1) is 44.7. The summed E-state index contributed by atoms with van der Waals surface area (Å²) in [6.07, 6.45) is 2.02. The van der Waals surface area contributed by atoms with Gasteiger partial charge in [0.15, 0.2) is 0 Å². The zero-order valence-electron chi connectivity index (χ0n) is 37.7. The molecule has 0 unspecified atom stereocenters. The standard InChI is InChI=1S/C47H28FN2S.C14H16NSi.Ir/c48-33-27-25-32(26-28-33)40-29-43-44(37-18-8-7-17-36(37)40)38-21-12-22-39(46(38)51-43)47-49-41-23-9-10-24-42(41)50(47)45-34(30-13-3-1-4-14-30)19-11-20-35(45)31-15-5-2-6-16-31;1-16(2,3)13-9-10-14(15-11-13)12-7-5-4-6-8-12;/h1-21,23-29H;4-7,9-11H,1-3H3;/q2*-1;. The molecule has 3 nitrogen and oxygen atoms in total. The van der Waals surface area contributed by atoms with Crippen molar-refractivity contribution in [1.29, 1.82) is 0 Å². The van der Waals surface area contributed by atoms with Crippen molar-refractivity contribution >= 4 is 66.6 Å². The molecule has 0 amide bonds. The first-order valence-corrected chi connectivity index (χ1v) is 26.8. The van der Waals surface area contributed by atoms with Crippen molar-refractivity contribution in [3.05, 3.63) is 230 Å². The molecule has 0 aliphatic carbocycles.